The fourth-order valence-corrected chi connectivity index (χ4v) is 4.10. The molecule has 0 saturated heterocycles. The minimum absolute atomic E-state index is 0.177. The molecule has 2 rings (SSSR count). The highest BCUT2D eigenvalue weighted by Gasteiger charge is 2.15. The van der Waals surface area contributed by atoms with Gasteiger partial charge in [-0.1, -0.05) is 35.3 Å². The van der Waals surface area contributed by atoms with Gasteiger partial charge in [0.15, 0.2) is 0 Å². The van der Waals surface area contributed by atoms with E-state index in [1.807, 2.05) is 0 Å². The molecule has 0 bridgehead atoms. The number of rotatable bonds is 7. The fraction of sp³-hybridized carbons (Fsp3) is 0.278. The van der Waals surface area contributed by atoms with Gasteiger partial charge in [-0.25, -0.2) is 13.1 Å². The van der Waals surface area contributed by atoms with Gasteiger partial charge in [0, 0.05) is 28.2 Å². The molecule has 140 valence electrons. The smallest absolute Gasteiger partial charge is 0.240 e. The summed E-state index contributed by atoms with van der Waals surface area (Å²) in [6, 6.07) is 11.1. The number of anilines is 1. The van der Waals surface area contributed by atoms with Crippen molar-refractivity contribution < 1.29 is 13.2 Å². The zero-order chi connectivity index (χ0) is 19.3. The quantitative estimate of drug-likeness (QED) is 0.710. The van der Waals surface area contributed by atoms with Crippen molar-refractivity contribution in [2.75, 3.05) is 5.32 Å². The summed E-state index contributed by atoms with van der Waals surface area (Å²) in [6.07, 6.45) is 0.735. The third kappa shape index (κ3) is 6.29. The zero-order valence-corrected chi connectivity index (χ0v) is 16.8. The molecule has 0 heterocycles. The van der Waals surface area contributed by atoms with Crippen LogP contribution in [0.5, 0.6) is 0 Å². The van der Waals surface area contributed by atoms with Gasteiger partial charge in [0.05, 0.1) is 4.90 Å². The van der Waals surface area contributed by atoms with Gasteiger partial charge in [0.1, 0.15) is 0 Å². The maximum atomic E-state index is 12.1. The molecule has 8 heteroatoms. The lowest BCUT2D eigenvalue weighted by Gasteiger charge is -2.10. The van der Waals surface area contributed by atoms with Crippen molar-refractivity contribution in [3.63, 3.8) is 0 Å². The highest BCUT2D eigenvalue weighted by molar-refractivity contribution is 7.89. The molecule has 0 unspecified atom stereocenters. The molecule has 2 aromatic rings. The van der Waals surface area contributed by atoms with Crippen molar-refractivity contribution in [2.45, 2.75) is 37.6 Å². The molecule has 2 aromatic carbocycles. The van der Waals surface area contributed by atoms with E-state index in [0.29, 0.717) is 22.2 Å². The minimum atomic E-state index is -3.51. The van der Waals surface area contributed by atoms with Crippen LogP contribution in [0.3, 0.4) is 0 Å². The summed E-state index contributed by atoms with van der Waals surface area (Å²) in [7, 11) is -3.51. The Labute approximate surface area is 163 Å². The van der Waals surface area contributed by atoms with Crippen LogP contribution in [0.25, 0.3) is 0 Å². The van der Waals surface area contributed by atoms with Crippen LogP contribution in [0.15, 0.2) is 47.4 Å². The molecule has 0 aliphatic carbocycles. The summed E-state index contributed by atoms with van der Waals surface area (Å²) in [6.45, 7) is 3.52. The second-order valence-corrected chi connectivity index (χ2v) is 8.71. The molecule has 0 aliphatic heterocycles. The van der Waals surface area contributed by atoms with E-state index in [9.17, 15) is 13.2 Å². The van der Waals surface area contributed by atoms with Gasteiger partial charge >= 0.3 is 0 Å². The summed E-state index contributed by atoms with van der Waals surface area (Å²) in [5.41, 5.74) is 1.40. The standard InChI is InChI=1S/C18H20Cl2N2O3S/c1-12(2)22-26(24,25)17-6-3-13(4-7-17)5-8-18(23)21-16-10-14(19)9-15(20)11-16/h3-4,6-7,9-12,22H,5,8H2,1-2H3,(H,21,23). The van der Waals surface area contributed by atoms with Gasteiger partial charge in [0.2, 0.25) is 15.9 Å². The maximum absolute atomic E-state index is 12.1. The summed E-state index contributed by atoms with van der Waals surface area (Å²) < 4.78 is 26.7. The number of halogens is 2. The lowest BCUT2D eigenvalue weighted by atomic mass is 10.1. The van der Waals surface area contributed by atoms with Crippen LogP contribution in [0.2, 0.25) is 10.0 Å². The molecule has 1 amide bonds. The lowest BCUT2D eigenvalue weighted by molar-refractivity contribution is -0.116. The summed E-state index contributed by atoms with van der Waals surface area (Å²) >= 11 is 11.8. The van der Waals surface area contributed by atoms with Gasteiger partial charge in [0.25, 0.3) is 0 Å². The Hall–Kier alpha value is -1.60. The molecular weight excluding hydrogens is 395 g/mol. The zero-order valence-electron chi connectivity index (χ0n) is 14.4. The number of carbonyl (C=O) groups is 1. The number of aryl methyl sites for hydroxylation is 1. The molecule has 0 aliphatic rings. The molecule has 0 fully saturated rings. The van der Waals surface area contributed by atoms with E-state index in [0.717, 1.165) is 5.56 Å². The molecule has 0 atom stereocenters. The van der Waals surface area contributed by atoms with E-state index in [4.69, 9.17) is 23.2 Å². The fourth-order valence-electron chi connectivity index (χ4n) is 2.32. The van der Waals surface area contributed by atoms with Crippen molar-refractivity contribution in [3.8, 4) is 0 Å². The first-order valence-electron chi connectivity index (χ1n) is 8.03. The highest BCUT2D eigenvalue weighted by Crippen LogP contribution is 2.22. The predicted octanol–water partition coefficient (Wildman–Crippen LogP) is 4.25. The Morgan fingerprint density at radius 1 is 1.04 bits per heavy atom. The van der Waals surface area contributed by atoms with Crippen LogP contribution in [-0.2, 0) is 21.2 Å². The third-order valence-electron chi connectivity index (χ3n) is 3.41. The minimum Gasteiger partial charge on any atom is -0.326 e. The number of amides is 1. The van der Waals surface area contributed by atoms with Gasteiger partial charge in [-0.2, -0.15) is 0 Å². The van der Waals surface area contributed by atoms with Crippen LogP contribution in [0.4, 0.5) is 5.69 Å². The summed E-state index contributed by atoms with van der Waals surface area (Å²) in [4.78, 5) is 12.3. The number of benzene rings is 2. The van der Waals surface area contributed by atoms with Crippen molar-refractivity contribution in [1.82, 2.24) is 4.72 Å². The van der Waals surface area contributed by atoms with Gasteiger partial charge in [-0.05, 0) is 56.2 Å². The first-order valence-corrected chi connectivity index (χ1v) is 10.3. The number of hydrogen-bond acceptors (Lipinski definition) is 3. The lowest BCUT2D eigenvalue weighted by Crippen LogP contribution is -2.30. The molecule has 26 heavy (non-hydrogen) atoms. The van der Waals surface area contributed by atoms with E-state index in [1.165, 1.54) is 12.1 Å². The van der Waals surface area contributed by atoms with Crippen LogP contribution < -0.4 is 10.0 Å². The molecule has 0 saturated carbocycles. The summed E-state index contributed by atoms with van der Waals surface area (Å²) in [5, 5.41) is 3.63. The van der Waals surface area contributed by atoms with Crippen molar-refractivity contribution in [1.29, 1.82) is 0 Å². The maximum Gasteiger partial charge on any atom is 0.240 e. The Morgan fingerprint density at radius 3 is 2.15 bits per heavy atom. The molecular formula is C18H20Cl2N2O3S. The SMILES string of the molecule is CC(C)NS(=O)(=O)c1ccc(CCC(=O)Nc2cc(Cl)cc(Cl)c2)cc1. The van der Waals surface area contributed by atoms with Crippen LogP contribution >= 0.6 is 23.2 Å². The number of carbonyl (C=O) groups excluding carboxylic acids is 1. The number of hydrogen-bond donors (Lipinski definition) is 2. The van der Waals surface area contributed by atoms with Crippen molar-refractivity contribution in [3.05, 3.63) is 58.1 Å². The molecule has 0 spiro atoms. The Bertz CT molecular complexity index is 862. The first-order chi connectivity index (χ1) is 12.2. The van der Waals surface area contributed by atoms with Crippen molar-refractivity contribution >= 4 is 44.8 Å². The summed E-state index contributed by atoms with van der Waals surface area (Å²) in [5.74, 6) is -0.179. The van der Waals surface area contributed by atoms with Gasteiger partial charge in [-0.15, -0.1) is 0 Å². The van der Waals surface area contributed by atoms with E-state index in [-0.39, 0.29) is 23.3 Å². The van der Waals surface area contributed by atoms with E-state index in [2.05, 4.69) is 10.0 Å². The Kier molecular flexibility index (Phi) is 7.06. The highest BCUT2D eigenvalue weighted by atomic mass is 35.5. The van der Waals surface area contributed by atoms with Gasteiger partial charge in [-0.3, -0.25) is 4.79 Å². The first kappa shape index (κ1) is 20.7. The average molecular weight is 415 g/mol. The monoisotopic (exact) mass is 414 g/mol. The van der Waals surface area contributed by atoms with Crippen LogP contribution in [0.1, 0.15) is 25.8 Å². The molecule has 5 nitrogen and oxygen atoms in total. The number of sulfonamides is 1. The predicted molar refractivity (Wildman–Crippen MR) is 105 cm³/mol. The van der Waals surface area contributed by atoms with E-state index in [1.54, 1.807) is 44.2 Å². The van der Waals surface area contributed by atoms with E-state index < -0.39 is 10.0 Å². The van der Waals surface area contributed by atoms with Crippen molar-refractivity contribution in [2.24, 2.45) is 0 Å². The molecule has 0 aromatic heterocycles. The molecule has 0 radical (unpaired) electrons. The van der Waals surface area contributed by atoms with E-state index >= 15 is 0 Å². The average Bonchev–Trinajstić information content (AvgIpc) is 2.51. The topological polar surface area (TPSA) is 75.3 Å². The third-order valence-corrected chi connectivity index (χ3v) is 5.52. The van der Waals surface area contributed by atoms with Gasteiger partial charge < -0.3 is 5.32 Å². The van der Waals surface area contributed by atoms with Crippen LogP contribution in [-0.4, -0.2) is 20.4 Å². The Balaban J connectivity index is 1.94. The van der Waals surface area contributed by atoms with Crippen LogP contribution in [0, 0.1) is 0 Å². The largest absolute Gasteiger partial charge is 0.326 e. The molecule has 2 N–H and O–H groups in total. The second-order valence-electron chi connectivity index (χ2n) is 6.13. The number of nitrogens with one attached hydrogen (secondary N) is 2. The second kappa shape index (κ2) is 8.86. The Morgan fingerprint density at radius 2 is 1.62 bits per heavy atom. The normalized spacial score (nSPS) is 11.6.